The van der Waals surface area contributed by atoms with Gasteiger partial charge in [-0.05, 0) is 82.0 Å². The fourth-order valence-electron chi connectivity index (χ4n) is 4.62. The van der Waals surface area contributed by atoms with Crippen LogP contribution in [0.5, 0.6) is 0 Å². The van der Waals surface area contributed by atoms with Crippen LogP contribution in [0.2, 0.25) is 5.02 Å². The maximum atomic E-state index is 14.2. The Morgan fingerprint density at radius 2 is 1.59 bits per heavy atom. The van der Waals surface area contributed by atoms with Gasteiger partial charge in [0.15, 0.2) is 0 Å². The standard InChI is InChI=1S/C32H40ClN3O4S/c1-7-25(6)34-32(38)29(8-2)35(20-26-11-9-10-23(4)18-26)31(37)21-36(30-17-14-27(33)19-24(30)5)41(39,40)28-15-12-22(3)13-16-28/h9-19,25,29H,7-8,20-21H2,1-6H3,(H,34,38)/t25-,29+/m0/s1. The lowest BCUT2D eigenvalue weighted by molar-refractivity contribution is -0.140. The van der Waals surface area contributed by atoms with E-state index in [-0.39, 0.29) is 23.4 Å². The topological polar surface area (TPSA) is 86.8 Å². The van der Waals surface area contributed by atoms with Gasteiger partial charge in [-0.1, -0.05) is 73.0 Å². The average molecular weight is 598 g/mol. The zero-order chi connectivity index (χ0) is 30.3. The number of sulfonamides is 1. The molecule has 3 aromatic rings. The van der Waals surface area contributed by atoms with Crippen LogP contribution in [0.25, 0.3) is 0 Å². The Morgan fingerprint density at radius 1 is 0.902 bits per heavy atom. The van der Waals surface area contributed by atoms with Crippen LogP contribution in [0.1, 0.15) is 55.9 Å². The quantitative estimate of drug-likeness (QED) is 0.270. The first-order valence-corrected chi connectivity index (χ1v) is 15.7. The van der Waals surface area contributed by atoms with Gasteiger partial charge in [-0.15, -0.1) is 0 Å². The van der Waals surface area contributed by atoms with Crippen molar-refractivity contribution in [1.29, 1.82) is 0 Å². The molecule has 2 amide bonds. The number of halogens is 1. The number of aryl methyl sites for hydroxylation is 3. The average Bonchev–Trinajstić information content (AvgIpc) is 2.92. The molecule has 9 heteroatoms. The Balaban J connectivity index is 2.10. The number of anilines is 1. The summed E-state index contributed by atoms with van der Waals surface area (Å²) < 4.78 is 29.2. The highest BCUT2D eigenvalue weighted by atomic mass is 35.5. The van der Waals surface area contributed by atoms with Gasteiger partial charge in [0.05, 0.1) is 10.6 Å². The van der Waals surface area contributed by atoms with Gasteiger partial charge >= 0.3 is 0 Å². The molecule has 0 aliphatic rings. The lowest BCUT2D eigenvalue weighted by Gasteiger charge is -2.34. The molecule has 0 unspecified atom stereocenters. The smallest absolute Gasteiger partial charge is 0.264 e. The zero-order valence-electron chi connectivity index (χ0n) is 24.6. The Bertz CT molecular complexity index is 1470. The van der Waals surface area contributed by atoms with Crippen molar-refractivity contribution in [2.45, 2.75) is 77.9 Å². The second-order valence-corrected chi connectivity index (χ2v) is 12.8. The van der Waals surface area contributed by atoms with Gasteiger partial charge in [-0.25, -0.2) is 8.42 Å². The van der Waals surface area contributed by atoms with E-state index in [2.05, 4.69) is 5.32 Å². The molecule has 0 saturated heterocycles. The van der Waals surface area contributed by atoms with Gasteiger partial charge in [0, 0.05) is 17.6 Å². The lowest BCUT2D eigenvalue weighted by Crippen LogP contribution is -2.53. The van der Waals surface area contributed by atoms with Gasteiger partial charge in [0.25, 0.3) is 10.0 Å². The maximum absolute atomic E-state index is 14.2. The molecule has 0 saturated carbocycles. The van der Waals surface area contributed by atoms with Crippen molar-refractivity contribution >= 4 is 39.1 Å². The molecule has 0 spiro atoms. The van der Waals surface area contributed by atoms with Crippen molar-refractivity contribution in [2.75, 3.05) is 10.8 Å². The highest BCUT2D eigenvalue weighted by molar-refractivity contribution is 7.92. The number of carbonyl (C=O) groups is 2. The van der Waals surface area contributed by atoms with Crippen molar-refractivity contribution < 1.29 is 18.0 Å². The van der Waals surface area contributed by atoms with E-state index in [4.69, 9.17) is 11.6 Å². The third kappa shape index (κ3) is 8.11. The Labute approximate surface area is 249 Å². The highest BCUT2D eigenvalue weighted by Crippen LogP contribution is 2.29. The molecule has 1 N–H and O–H groups in total. The molecule has 3 rings (SSSR count). The molecule has 0 bridgehead atoms. The van der Waals surface area contributed by atoms with E-state index in [0.717, 1.165) is 27.4 Å². The Kier molecular flexibility index (Phi) is 11.0. The van der Waals surface area contributed by atoms with E-state index < -0.39 is 28.5 Å². The number of carbonyl (C=O) groups excluding carboxylic acids is 2. The number of hydrogen-bond donors (Lipinski definition) is 1. The van der Waals surface area contributed by atoms with Crippen LogP contribution >= 0.6 is 11.6 Å². The van der Waals surface area contributed by atoms with Crippen molar-refractivity contribution in [2.24, 2.45) is 0 Å². The predicted octanol–water partition coefficient (Wildman–Crippen LogP) is 6.18. The van der Waals surface area contributed by atoms with E-state index in [1.807, 2.05) is 58.9 Å². The van der Waals surface area contributed by atoms with Gasteiger partial charge in [-0.2, -0.15) is 0 Å². The molecule has 3 aromatic carbocycles. The summed E-state index contributed by atoms with van der Waals surface area (Å²) in [4.78, 5) is 29.2. The first-order chi connectivity index (χ1) is 19.4. The molecule has 0 aromatic heterocycles. The highest BCUT2D eigenvalue weighted by Gasteiger charge is 2.34. The third-order valence-corrected chi connectivity index (χ3v) is 9.15. The van der Waals surface area contributed by atoms with E-state index in [1.165, 1.54) is 17.0 Å². The van der Waals surface area contributed by atoms with Crippen molar-refractivity contribution in [1.82, 2.24) is 10.2 Å². The lowest BCUT2D eigenvalue weighted by atomic mass is 10.1. The van der Waals surface area contributed by atoms with Gasteiger partial charge in [0.2, 0.25) is 11.8 Å². The molecule has 0 aliphatic carbocycles. The summed E-state index contributed by atoms with van der Waals surface area (Å²) in [6.07, 6.45) is 1.11. The Morgan fingerprint density at radius 3 is 2.17 bits per heavy atom. The Hall–Kier alpha value is -3.36. The van der Waals surface area contributed by atoms with E-state index in [9.17, 15) is 18.0 Å². The molecule has 41 heavy (non-hydrogen) atoms. The van der Waals surface area contributed by atoms with Crippen LogP contribution in [-0.2, 0) is 26.2 Å². The molecule has 0 radical (unpaired) electrons. The molecule has 220 valence electrons. The molecular formula is C32H40ClN3O4S. The predicted molar refractivity (Wildman–Crippen MR) is 166 cm³/mol. The molecule has 0 heterocycles. The number of benzene rings is 3. The van der Waals surface area contributed by atoms with E-state index in [0.29, 0.717) is 22.7 Å². The minimum absolute atomic E-state index is 0.0667. The summed E-state index contributed by atoms with van der Waals surface area (Å²) in [6.45, 7) is 11.0. The van der Waals surface area contributed by atoms with Crippen LogP contribution < -0.4 is 9.62 Å². The first kappa shape index (κ1) is 32.2. The molecule has 7 nitrogen and oxygen atoms in total. The van der Waals surface area contributed by atoms with Crippen LogP contribution in [0.4, 0.5) is 5.69 Å². The number of rotatable bonds is 12. The third-order valence-electron chi connectivity index (χ3n) is 7.14. The maximum Gasteiger partial charge on any atom is 0.264 e. The fraction of sp³-hybridized carbons (Fsp3) is 0.375. The summed E-state index contributed by atoms with van der Waals surface area (Å²) >= 11 is 6.19. The van der Waals surface area contributed by atoms with Crippen molar-refractivity contribution in [3.05, 3.63) is 94.0 Å². The van der Waals surface area contributed by atoms with E-state index in [1.54, 1.807) is 37.3 Å². The molecule has 0 aliphatic heterocycles. The fourth-order valence-corrected chi connectivity index (χ4v) is 6.32. The van der Waals surface area contributed by atoms with Crippen molar-refractivity contribution in [3.63, 3.8) is 0 Å². The van der Waals surface area contributed by atoms with Gasteiger partial charge in [-0.3, -0.25) is 13.9 Å². The van der Waals surface area contributed by atoms with Gasteiger partial charge in [0.1, 0.15) is 12.6 Å². The summed E-state index contributed by atoms with van der Waals surface area (Å²) in [7, 11) is -4.15. The first-order valence-electron chi connectivity index (χ1n) is 13.9. The van der Waals surface area contributed by atoms with Gasteiger partial charge < -0.3 is 10.2 Å². The summed E-state index contributed by atoms with van der Waals surface area (Å²) in [5.41, 5.74) is 3.73. The van der Waals surface area contributed by atoms with Crippen molar-refractivity contribution in [3.8, 4) is 0 Å². The number of hydrogen-bond acceptors (Lipinski definition) is 4. The van der Waals surface area contributed by atoms with Crippen LogP contribution in [0.15, 0.2) is 71.6 Å². The number of amides is 2. The van der Waals surface area contributed by atoms with Crippen LogP contribution in [-0.4, -0.2) is 43.8 Å². The normalized spacial score (nSPS) is 12.9. The summed E-state index contributed by atoms with van der Waals surface area (Å²) in [6, 6.07) is 18.3. The number of nitrogens with zero attached hydrogens (tertiary/aromatic N) is 2. The summed E-state index contributed by atoms with van der Waals surface area (Å²) in [5.74, 6) is -0.749. The minimum Gasteiger partial charge on any atom is -0.352 e. The SMILES string of the molecule is CC[C@H](C(=O)N[C@@H](C)CC)N(Cc1cccc(C)c1)C(=O)CN(c1ccc(Cl)cc1C)S(=O)(=O)c1ccc(C)cc1. The largest absolute Gasteiger partial charge is 0.352 e. The molecular weight excluding hydrogens is 558 g/mol. The molecule has 0 fully saturated rings. The second-order valence-electron chi connectivity index (χ2n) is 10.5. The molecule has 2 atom stereocenters. The zero-order valence-corrected chi connectivity index (χ0v) is 26.2. The summed E-state index contributed by atoms with van der Waals surface area (Å²) in [5, 5.41) is 3.45. The van der Waals surface area contributed by atoms with Crippen LogP contribution in [0, 0.1) is 20.8 Å². The monoisotopic (exact) mass is 597 g/mol. The number of nitrogens with one attached hydrogen (secondary N) is 1. The minimum atomic E-state index is -4.15. The van der Waals surface area contributed by atoms with Crippen LogP contribution in [0.3, 0.4) is 0 Å². The second kappa shape index (κ2) is 14.0. The van der Waals surface area contributed by atoms with E-state index >= 15 is 0 Å².